The molecule has 2 N–H and O–H groups in total. The Kier molecular flexibility index (Phi) is 5.43. The van der Waals surface area contributed by atoms with Gasteiger partial charge in [-0.2, -0.15) is 5.26 Å². The van der Waals surface area contributed by atoms with Crippen molar-refractivity contribution < 1.29 is 19.0 Å². The summed E-state index contributed by atoms with van der Waals surface area (Å²) in [7, 11) is 3.15. The van der Waals surface area contributed by atoms with E-state index in [4.69, 9.17) is 19.9 Å². The number of nitriles is 1. The molecule has 6 nitrogen and oxygen atoms in total. The number of rotatable bonds is 4. The molecule has 0 fully saturated rings. The number of Topliss-reactive ketones (excluding diaryl/α,β-unsaturated/α-hetero) is 1. The van der Waals surface area contributed by atoms with Crippen molar-refractivity contribution in [2.75, 3.05) is 14.2 Å². The van der Waals surface area contributed by atoms with E-state index in [-0.39, 0.29) is 23.2 Å². The quantitative estimate of drug-likeness (QED) is 0.802. The molecule has 2 atom stereocenters. The second-order valence-corrected chi connectivity index (χ2v) is 7.72. The minimum absolute atomic E-state index is 0.00374. The maximum absolute atomic E-state index is 13.4. The third-order valence-electron chi connectivity index (χ3n) is 6.05. The number of benzene rings is 2. The zero-order chi connectivity index (χ0) is 22.1. The first-order valence-electron chi connectivity index (χ1n) is 10.1. The summed E-state index contributed by atoms with van der Waals surface area (Å²) in [6.07, 6.45) is 0.886. The number of allylic oxidation sites excluding steroid dienone is 3. The number of hydrogen-bond acceptors (Lipinski definition) is 6. The van der Waals surface area contributed by atoms with Gasteiger partial charge in [-0.1, -0.05) is 36.4 Å². The van der Waals surface area contributed by atoms with Gasteiger partial charge in [0.25, 0.3) is 0 Å². The van der Waals surface area contributed by atoms with Crippen molar-refractivity contribution in [3.05, 3.63) is 81.9 Å². The molecule has 1 heterocycles. The van der Waals surface area contributed by atoms with Crippen molar-refractivity contribution in [3.63, 3.8) is 0 Å². The Morgan fingerprint density at radius 2 is 1.84 bits per heavy atom. The van der Waals surface area contributed by atoms with Crippen LogP contribution in [0.5, 0.6) is 11.5 Å². The van der Waals surface area contributed by atoms with Crippen molar-refractivity contribution in [3.8, 4) is 17.6 Å². The van der Waals surface area contributed by atoms with Crippen LogP contribution in [0.2, 0.25) is 0 Å². The van der Waals surface area contributed by atoms with Crippen LogP contribution in [-0.2, 0) is 9.53 Å². The van der Waals surface area contributed by atoms with Crippen LogP contribution >= 0.6 is 0 Å². The van der Waals surface area contributed by atoms with Crippen LogP contribution in [-0.4, -0.2) is 20.0 Å². The van der Waals surface area contributed by atoms with E-state index in [1.54, 1.807) is 14.2 Å². The highest BCUT2D eigenvalue weighted by molar-refractivity contribution is 6.00. The van der Waals surface area contributed by atoms with Crippen molar-refractivity contribution >= 4 is 5.78 Å². The Labute approximate surface area is 181 Å². The monoisotopic (exact) mass is 416 g/mol. The van der Waals surface area contributed by atoms with Crippen LogP contribution in [0.25, 0.3) is 0 Å². The fraction of sp³-hybridized carbons (Fsp3) is 0.280. The maximum atomic E-state index is 13.4. The van der Waals surface area contributed by atoms with Gasteiger partial charge in [0.15, 0.2) is 5.78 Å². The highest BCUT2D eigenvalue weighted by Gasteiger charge is 2.42. The number of ether oxygens (including phenoxy) is 3. The number of ketones is 1. The van der Waals surface area contributed by atoms with Crippen LogP contribution in [0.15, 0.2) is 65.3 Å². The largest absolute Gasteiger partial charge is 0.496 e. The van der Waals surface area contributed by atoms with Crippen LogP contribution in [0, 0.1) is 18.3 Å². The van der Waals surface area contributed by atoms with E-state index in [9.17, 15) is 10.1 Å². The molecule has 0 spiro atoms. The summed E-state index contributed by atoms with van der Waals surface area (Å²) in [6, 6.07) is 15.7. The third kappa shape index (κ3) is 3.42. The van der Waals surface area contributed by atoms with Crippen molar-refractivity contribution in [1.82, 2.24) is 0 Å². The smallest absolute Gasteiger partial charge is 0.205 e. The topological polar surface area (TPSA) is 94.6 Å². The highest BCUT2D eigenvalue weighted by atomic mass is 16.5. The Morgan fingerprint density at radius 3 is 2.48 bits per heavy atom. The number of nitrogens with two attached hydrogens (primary N) is 1. The SMILES string of the molecule is COc1ccc([C@@H]2C(C#N)=C(N)OC3=C2C(=O)C[C@@H](c2ccccc2)C3)c(OC)c1C. The normalized spacial score (nSPS) is 20.6. The number of carbonyl (C=O) groups excluding carboxylic acids is 1. The lowest BCUT2D eigenvalue weighted by molar-refractivity contribution is -0.117. The lowest BCUT2D eigenvalue weighted by Gasteiger charge is -2.34. The molecule has 0 aromatic heterocycles. The van der Waals surface area contributed by atoms with Crippen molar-refractivity contribution in [2.45, 2.75) is 31.6 Å². The Balaban J connectivity index is 1.86. The van der Waals surface area contributed by atoms with Crippen LogP contribution < -0.4 is 15.2 Å². The predicted molar refractivity (Wildman–Crippen MR) is 115 cm³/mol. The number of hydrogen-bond donors (Lipinski definition) is 1. The van der Waals surface area contributed by atoms with Crippen LogP contribution in [0.4, 0.5) is 0 Å². The van der Waals surface area contributed by atoms with E-state index in [1.807, 2.05) is 49.4 Å². The number of carbonyl (C=O) groups is 1. The molecule has 4 rings (SSSR count). The molecule has 158 valence electrons. The van der Waals surface area contributed by atoms with Crippen molar-refractivity contribution in [2.24, 2.45) is 5.73 Å². The number of methoxy groups -OCH3 is 2. The second kappa shape index (κ2) is 8.19. The average Bonchev–Trinajstić information content (AvgIpc) is 2.78. The minimum Gasteiger partial charge on any atom is -0.496 e. The molecule has 2 aromatic rings. The first kappa shape index (κ1) is 20.5. The highest BCUT2D eigenvalue weighted by Crippen LogP contribution is 2.49. The van der Waals surface area contributed by atoms with Gasteiger partial charge in [0.05, 0.1) is 20.1 Å². The Bertz CT molecular complexity index is 1140. The van der Waals surface area contributed by atoms with Crippen LogP contribution in [0.1, 0.15) is 41.4 Å². The molecule has 1 aliphatic carbocycles. The Morgan fingerprint density at radius 1 is 1.10 bits per heavy atom. The second-order valence-electron chi connectivity index (χ2n) is 7.72. The zero-order valence-electron chi connectivity index (χ0n) is 17.8. The summed E-state index contributed by atoms with van der Waals surface area (Å²) in [5.74, 6) is 1.11. The van der Waals surface area contributed by atoms with Gasteiger partial charge in [0, 0.05) is 29.5 Å². The molecule has 0 saturated heterocycles. The summed E-state index contributed by atoms with van der Waals surface area (Å²) < 4.78 is 16.9. The number of nitrogens with zero attached hydrogens (tertiary/aromatic N) is 1. The van der Waals surface area contributed by atoms with Gasteiger partial charge in [-0.25, -0.2) is 0 Å². The van der Waals surface area contributed by atoms with Gasteiger partial charge >= 0.3 is 0 Å². The van der Waals surface area contributed by atoms with Gasteiger partial charge < -0.3 is 19.9 Å². The standard InChI is InChI=1S/C25H24N2O4/c1-14-20(29-2)10-9-17(24(14)30-3)22-18(13-26)25(27)31-21-12-16(11-19(28)23(21)22)15-7-5-4-6-8-15/h4-10,16,22H,11-12,27H2,1-3H3/t16-,22-/m1/s1. The molecule has 2 aliphatic rings. The lowest BCUT2D eigenvalue weighted by atomic mass is 9.73. The van der Waals surface area contributed by atoms with E-state index in [0.717, 1.165) is 11.1 Å². The fourth-order valence-electron chi connectivity index (χ4n) is 4.59. The predicted octanol–water partition coefficient (Wildman–Crippen LogP) is 4.22. The van der Waals surface area contributed by atoms with Crippen LogP contribution in [0.3, 0.4) is 0 Å². The maximum Gasteiger partial charge on any atom is 0.205 e. The molecular weight excluding hydrogens is 392 g/mol. The van der Waals surface area contributed by atoms with E-state index in [1.165, 1.54) is 0 Å². The molecule has 0 saturated carbocycles. The summed E-state index contributed by atoms with van der Waals surface area (Å²) in [5.41, 5.74) is 9.43. The first-order chi connectivity index (χ1) is 15.0. The molecule has 0 unspecified atom stereocenters. The van der Waals surface area contributed by atoms with E-state index in [0.29, 0.717) is 41.2 Å². The summed E-state index contributed by atoms with van der Waals surface area (Å²) in [4.78, 5) is 13.4. The molecule has 0 bridgehead atoms. The van der Waals surface area contributed by atoms with Gasteiger partial charge in [0.1, 0.15) is 28.9 Å². The third-order valence-corrected chi connectivity index (χ3v) is 6.05. The van der Waals surface area contributed by atoms with Gasteiger partial charge in [-0.15, -0.1) is 0 Å². The zero-order valence-corrected chi connectivity index (χ0v) is 17.8. The minimum atomic E-state index is -0.641. The van der Waals surface area contributed by atoms with E-state index in [2.05, 4.69) is 6.07 Å². The average molecular weight is 416 g/mol. The molecule has 0 amide bonds. The van der Waals surface area contributed by atoms with E-state index >= 15 is 0 Å². The van der Waals surface area contributed by atoms with Crippen molar-refractivity contribution in [1.29, 1.82) is 5.26 Å². The molecule has 0 radical (unpaired) electrons. The fourth-order valence-corrected chi connectivity index (χ4v) is 4.59. The molecule has 2 aromatic carbocycles. The summed E-state index contributed by atoms with van der Waals surface area (Å²) in [6.45, 7) is 1.88. The van der Waals surface area contributed by atoms with Gasteiger partial charge in [-0.3, -0.25) is 4.79 Å². The van der Waals surface area contributed by atoms with E-state index < -0.39 is 5.92 Å². The summed E-state index contributed by atoms with van der Waals surface area (Å²) in [5, 5.41) is 9.87. The molecule has 1 aliphatic heterocycles. The molecule has 31 heavy (non-hydrogen) atoms. The van der Waals surface area contributed by atoms with Gasteiger partial charge in [-0.05, 0) is 24.5 Å². The molecule has 6 heteroatoms. The lowest BCUT2D eigenvalue weighted by Crippen LogP contribution is -2.30. The molecular formula is C25H24N2O4. The summed E-state index contributed by atoms with van der Waals surface area (Å²) >= 11 is 0. The van der Waals surface area contributed by atoms with Gasteiger partial charge in [0.2, 0.25) is 5.88 Å². The Hall–Kier alpha value is -3.72. The first-order valence-corrected chi connectivity index (χ1v) is 10.1.